The summed E-state index contributed by atoms with van der Waals surface area (Å²) in [6.45, 7) is 0.593. The van der Waals surface area contributed by atoms with Crippen LogP contribution in [0.2, 0.25) is 0 Å². The number of hydrogen-bond acceptors (Lipinski definition) is 3. The average molecular weight is 245 g/mol. The fraction of sp³-hybridized carbons (Fsp3) is 0.667. The molecule has 0 aromatic carbocycles. The maximum absolute atomic E-state index is 5.87. The molecule has 0 aliphatic heterocycles. The normalized spacial score (nSPS) is 19.8. The Labute approximate surface area is 109 Å². The van der Waals surface area contributed by atoms with Crippen LogP contribution in [0, 0.1) is 0 Å². The van der Waals surface area contributed by atoms with Crippen molar-refractivity contribution in [3.63, 3.8) is 0 Å². The van der Waals surface area contributed by atoms with Crippen LogP contribution in [0.15, 0.2) is 6.07 Å². The quantitative estimate of drug-likeness (QED) is 0.861. The molecule has 2 aliphatic rings. The molecule has 18 heavy (non-hydrogen) atoms. The Balaban J connectivity index is 1.81. The molecule has 0 bridgehead atoms. The van der Waals surface area contributed by atoms with Crippen LogP contribution in [0.4, 0.5) is 5.82 Å². The molecule has 3 rings (SSSR count). The number of hydrogen-bond donors (Lipinski definition) is 2. The van der Waals surface area contributed by atoms with Gasteiger partial charge in [-0.1, -0.05) is 19.3 Å². The minimum Gasteiger partial charge on any atom is -0.367 e. The number of aromatic nitrogens is 1. The molecule has 0 saturated heterocycles. The minimum atomic E-state index is 0.593. The Hall–Kier alpha value is -1.09. The van der Waals surface area contributed by atoms with E-state index in [9.17, 15) is 0 Å². The first-order chi connectivity index (χ1) is 8.86. The van der Waals surface area contributed by atoms with Gasteiger partial charge in [-0.25, -0.2) is 4.98 Å². The Morgan fingerprint density at radius 1 is 1.17 bits per heavy atom. The summed E-state index contributed by atoms with van der Waals surface area (Å²) < 4.78 is 0. The van der Waals surface area contributed by atoms with Crippen molar-refractivity contribution in [3.8, 4) is 0 Å². The van der Waals surface area contributed by atoms with Crippen molar-refractivity contribution in [2.45, 2.75) is 64.0 Å². The summed E-state index contributed by atoms with van der Waals surface area (Å²) in [5.74, 6) is 1.06. The van der Waals surface area contributed by atoms with E-state index in [0.717, 1.165) is 12.2 Å². The van der Waals surface area contributed by atoms with E-state index < -0.39 is 0 Å². The van der Waals surface area contributed by atoms with Gasteiger partial charge in [0, 0.05) is 23.8 Å². The lowest BCUT2D eigenvalue weighted by Gasteiger charge is -2.24. The van der Waals surface area contributed by atoms with Crippen molar-refractivity contribution in [3.05, 3.63) is 22.9 Å². The lowest BCUT2D eigenvalue weighted by molar-refractivity contribution is 0.461. The Kier molecular flexibility index (Phi) is 3.50. The van der Waals surface area contributed by atoms with Crippen LogP contribution in [0.1, 0.15) is 55.3 Å². The van der Waals surface area contributed by atoms with Crippen molar-refractivity contribution in [2.24, 2.45) is 5.73 Å². The van der Waals surface area contributed by atoms with Crippen molar-refractivity contribution in [1.82, 2.24) is 4.98 Å². The van der Waals surface area contributed by atoms with E-state index in [1.165, 1.54) is 61.8 Å². The molecule has 2 aliphatic carbocycles. The maximum atomic E-state index is 5.87. The maximum Gasteiger partial charge on any atom is 0.130 e. The first-order valence-electron chi connectivity index (χ1n) is 7.35. The van der Waals surface area contributed by atoms with Crippen LogP contribution in [-0.2, 0) is 19.4 Å². The van der Waals surface area contributed by atoms with Crippen LogP contribution in [0.5, 0.6) is 0 Å². The molecule has 98 valence electrons. The summed E-state index contributed by atoms with van der Waals surface area (Å²) in [4.78, 5) is 4.83. The van der Waals surface area contributed by atoms with Crippen LogP contribution in [0.25, 0.3) is 0 Å². The number of anilines is 1. The number of nitrogens with one attached hydrogen (secondary N) is 1. The van der Waals surface area contributed by atoms with Crippen LogP contribution < -0.4 is 11.1 Å². The predicted molar refractivity (Wildman–Crippen MR) is 74.6 cm³/mol. The number of pyridine rings is 1. The lowest BCUT2D eigenvalue weighted by Crippen LogP contribution is -2.24. The van der Waals surface area contributed by atoms with Gasteiger partial charge in [-0.3, -0.25) is 0 Å². The van der Waals surface area contributed by atoms with E-state index in [4.69, 9.17) is 10.7 Å². The van der Waals surface area contributed by atoms with Gasteiger partial charge in [0.15, 0.2) is 0 Å². The first kappa shape index (κ1) is 12.0. The van der Waals surface area contributed by atoms with Crippen LogP contribution in [0.3, 0.4) is 0 Å². The third-order valence-electron chi connectivity index (χ3n) is 4.30. The highest BCUT2D eigenvalue weighted by molar-refractivity contribution is 5.49. The topological polar surface area (TPSA) is 50.9 Å². The summed E-state index contributed by atoms with van der Waals surface area (Å²) in [5.41, 5.74) is 9.78. The van der Waals surface area contributed by atoms with Gasteiger partial charge in [-0.2, -0.15) is 0 Å². The molecule has 1 aromatic rings. The molecule has 1 saturated carbocycles. The number of aryl methyl sites for hydroxylation is 2. The molecule has 0 unspecified atom stereocenters. The number of nitrogens with zero attached hydrogens (tertiary/aromatic N) is 1. The zero-order valence-corrected chi connectivity index (χ0v) is 11.0. The van der Waals surface area contributed by atoms with Gasteiger partial charge in [-0.15, -0.1) is 0 Å². The van der Waals surface area contributed by atoms with Gasteiger partial charge in [0.25, 0.3) is 0 Å². The van der Waals surface area contributed by atoms with E-state index in [2.05, 4.69) is 11.4 Å². The Morgan fingerprint density at radius 3 is 2.78 bits per heavy atom. The second kappa shape index (κ2) is 5.27. The highest BCUT2D eigenvalue weighted by Crippen LogP contribution is 2.27. The molecule has 1 heterocycles. The molecule has 0 radical (unpaired) electrons. The van der Waals surface area contributed by atoms with Gasteiger partial charge in [-0.05, 0) is 43.7 Å². The molecule has 3 nitrogen and oxygen atoms in total. The first-order valence-corrected chi connectivity index (χ1v) is 7.35. The van der Waals surface area contributed by atoms with Crippen molar-refractivity contribution < 1.29 is 0 Å². The Bertz CT molecular complexity index is 422. The molecule has 3 N–H and O–H groups in total. The number of fused-ring (bicyclic) bond motifs is 1. The standard InChI is InChI=1S/C15H23N3/c16-10-12-9-11-5-4-8-14(11)18-15(12)17-13-6-2-1-3-7-13/h9,13H,1-8,10,16H2,(H,17,18). The van der Waals surface area contributed by atoms with Gasteiger partial charge in [0.1, 0.15) is 5.82 Å². The molecular weight excluding hydrogens is 222 g/mol. The van der Waals surface area contributed by atoms with Gasteiger partial charge in [0.2, 0.25) is 0 Å². The van der Waals surface area contributed by atoms with Gasteiger partial charge >= 0.3 is 0 Å². The monoisotopic (exact) mass is 245 g/mol. The molecule has 3 heteroatoms. The van der Waals surface area contributed by atoms with Crippen molar-refractivity contribution in [1.29, 1.82) is 0 Å². The highest BCUT2D eigenvalue weighted by Gasteiger charge is 2.19. The summed E-state index contributed by atoms with van der Waals surface area (Å²) in [6.07, 6.45) is 10.2. The minimum absolute atomic E-state index is 0.593. The smallest absolute Gasteiger partial charge is 0.130 e. The summed E-state index contributed by atoms with van der Waals surface area (Å²) in [6, 6.07) is 2.89. The second-order valence-electron chi connectivity index (χ2n) is 5.64. The molecular formula is C15H23N3. The Morgan fingerprint density at radius 2 is 2.00 bits per heavy atom. The largest absolute Gasteiger partial charge is 0.367 e. The van der Waals surface area contributed by atoms with E-state index in [1.54, 1.807) is 0 Å². The fourth-order valence-corrected chi connectivity index (χ4v) is 3.24. The molecule has 0 atom stereocenters. The zero-order valence-electron chi connectivity index (χ0n) is 11.0. The number of nitrogens with two attached hydrogens (primary N) is 1. The van der Waals surface area contributed by atoms with E-state index >= 15 is 0 Å². The molecule has 1 aromatic heterocycles. The van der Waals surface area contributed by atoms with E-state index in [1.807, 2.05) is 0 Å². The summed E-state index contributed by atoms with van der Waals surface area (Å²) in [7, 11) is 0. The van der Waals surface area contributed by atoms with Crippen molar-refractivity contribution >= 4 is 5.82 Å². The van der Waals surface area contributed by atoms with Gasteiger partial charge < -0.3 is 11.1 Å². The summed E-state index contributed by atoms with van der Waals surface area (Å²) >= 11 is 0. The zero-order chi connectivity index (χ0) is 12.4. The lowest BCUT2D eigenvalue weighted by atomic mass is 9.95. The molecule has 1 fully saturated rings. The van der Waals surface area contributed by atoms with E-state index in [-0.39, 0.29) is 0 Å². The SMILES string of the molecule is NCc1cc2c(nc1NC1CCCCC1)CCC2. The summed E-state index contributed by atoms with van der Waals surface area (Å²) in [5, 5.41) is 3.64. The van der Waals surface area contributed by atoms with E-state index in [0.29, 0.717) is 12.6 Å². The molecule has 0 spiro atoms. The van der Waals surface area contributed by atoms with Crippen LogP contribution >= 0.6 is 0 Å². The number of rotatable bonds is 3. The molecule has 0 amide bonds. The third-order valence-corrected chi connectivity index (χ3v) is 4.30. The fourth-order valence-electron chi connectivity index (χ4n) is 3.24. The van der Waals surface area contributed by atoms with Crippen molar-refractivity contribution in [2.75, 3.05) is 5.32 Å². The average Bonchev–Trinajstić information content (AvgIpc) is 2.86. The second-order valence-corrected chi connectivity index (χ2v) is 5.64. The third kappa shape index (κ3) is 2.37. The van der Waals surface area contributed by atoms with Gasteiger partial charge in [0.05, 0.1) is 0 Å². The highest BCUT2D eigenvalue weighted by atomic mass is 15.0. The van der Waals surface area contributed by atoms with Crippen LogP contribution in [-0.4, -0.2) is 11.0 Å². The predicted octanol–water partition coefficient (Wildman–Crippen LogP) is 2.77.